The first kappa shape index (κ1) is 15.5. The van der Waals surface area contributed by atoms with E-state index in [9.17, 15) is 14.3 Å². The molecule has 2 aromatic rings. The van der Waals surface area contributed by atoms with Crippen molar-refractivity contribution in [1.82, 2.24) is 5.32 Å². The van der Waals surface area contributed by atoms with Crippen LogP contribution in [0.4, 0.5) is 10.1 Å². The minimum Gasteiger partial charge on any atom is -0.506 e. The third kappa shape index (κ3) is 2.91. The average Bonchev–Trinajstić information content (AvgIpc) is 2.78. The number of amides is 1. The van der Waals surface area contributed by atoms with Crippen molar-refractivity contribution in [3.05, 3.63) is 64.6 Å². The number of benzene rings is 2. The van der Waals surface area contributed by atoms with Crippen molar-refractivity contribution in [2.75, 3.05) is 4.90 Å². The number of carbonyl (C=O) groups is 1. The number of carbonyl (C=O) groups excluding carboxylic acids is 1. The van der Waals surface area contributed by atoms with Crippen LogP contribution in [0.3, 0.4) is 0 Å². The van der Waals surface area contributed by atoms with E-state index in [1.807, 2.05) is 0 Å². The predicted octanol–water partition coefficient (Wildman–Crippen LogP) is 3.45. The van der Waals surface area contributed by atoms with Crippen LogP contribution in [0.1, 0.15) is 5.56 Å². The van der Waals surface area contributed by atoms with Gasteiger partial charge in [0.05, 0.1) is 10.7 Å². The van der Waals surface area contributed by atoms with Gasteiger partial charge in [0, 0.05) is 0 Å². The molecule has 1 saturated heterocycles. The van der Waals surface area contributed by atoms with E-state index in [4.69, 9.17) is 23.8 Å². The number of nitrogens with one attached hydrogen (secondary N) is 1. The molecule has 1 amide bonds. The molecule has 0 spiro atoms. The second-order valence-electron chi connectivity index (χ2n) is 4.79. The summed E-state index contributed by atoms with van der Waals surface area (Å²) in [6.07, 6.45) is 1.53. The van der Waals surface area contributed by atoms with E-state index in [1.54, 1.807) is 12.1 Å². The SMILES string of the molecule is O=C1/C(=C/c2ccc(O)c(Cl)c2)NC(=S)N1c1ccccc1F. The Labute approximate surface area is 141 Å². The van der Waals surface area contributed by atoms with E-state index in [0.29, 0.717) is 5.56 Å². The Balaban J connectivity index is 1.96. The number of hydrogen-bond donors (Lipinski definition) is 2. The van der Waals surface area contributed by atoms with Gasteiger partial charge in [0.15, 0.2) is 5.11 Å². The number of hydrogen-bond acceptors (Lipinski definition) is 3. The maximum absolute atomic E-state index is 13.9. The smallest absolute Gasteiger partial charge is 0.281 e. The Hall–Kier alpha value is -2.44. The van der Waals surface area contributed by atoms with Crippen molar-refractivity contribution in [1.29, 1.82) is 0 Å². The third-order valence-corrected chi connectivity index (χ3v) is 3.84. The molecule has 23 heavy (non-hydrogen) atoms. The van der Waals surface area contributed by atoms with Crippen LogP contribution in [0.25, 0.3) is 6.08 Å². The second kappa shape index (κ2) is 5.98. The molecule has 0 bridgehead atoms. The van der Waals surface area contributed by atoms with Gasteiger partial charge in [-0.2, -0.15) is 0 Å². The number of para-hydroxylation sites is 1. The van der Waals surface area contributed by atoms with Crippen LogP contribution in [-0.2, 0) is 4.79 Å². The van der Waals surface area contributed by atoms with Crippen LogP contribution in [0.2, 0.25) is 5.02 Å². The minimum atomic E-state index is -0.543. The summed E-state index contributed by atoms with van der Waals surface area (Å²) in [6.45, 7) is 0. The van der Waals surface area contributed by atoms with Crippen molar-refractivity contribution in [2.24, 2.45) is 0 Å². The average molecular weight is 349 g/mol. The van der Waals surface area contributed by atoms with Crippen LogP contribution < -0.4 is 10.2 Å². The maximum atomic E-state index is 13.9. The largest absolute Gasteiger partial charge is 0.506 e. The van der Waals surface area contributed by atoms with Crippen LogP contribution in [0, 0.1) is 5.82 Å². The molecule has 3 rings (SSSR count). The monoisotopic (exact) mass is 348 g/mol. The Kier molecular flexibility index (Phi) is 4.02. The summed E-state index contributed by atoms with van der Waals surface area (Å²) in [5.74, 6) is -1.06. The Morgan fingerprint density at radius 3 is 2.70 bits per heavy atom. The number of halogens is 2. The van der Waals surface area contributed by atoms with Crippen molar-refractivity contribution >= 4 is 46.6 Å². The highest BCUT2D eigenvalue weighted by atomic mass is 35.5. The van der Waals surface area contributed by atoms with Crippen molar-refractivity contribution in [2.45, 2.75) is 0 Å². The lowest BCUT2D eigenvalue weighted by Gasteiger charge is -2.14. The Bertz CT molecular complexity index is 854. The zero-order valence-corrected chi connectivity index (χ0v) is 13.2. The molecule has 0 aromatic heterocycles. The predicted molar refractivity (Wildman–Crippen MR) is 90.7 cm³/mol. The van der Waals surface area contributed by atoms with Gasteiger partial charge in [0.25, 0.3) is 5.91 Å². The van der Waals surface area contributed by atoms with Gasteiger partial charge < -0.3 is 10.4 Å². The lowest BCUT2D eigenvalue weighted by atomic mass is 10.2. The fourth-order valence-corrected chi connectivity index (χ4v) is 2.65. The summed E-state index contributed by atoms with van der Waals surface area (Å²) in [7, 11) is 0. The molecule has 0 saturated carbocycles. The summed E-state index contributed by atoms with van der Waals surface area (Å²) in [5.41, 5.74) is 0.879. The molecule has 1 aliphatic heterocycles. The van der Waals surface area contributed by atoms with E-state index >= 15 is 0 Å². The van der Waals surface area contributed by atoms with Crippen LogP contribution >= 0.6 is 23.8 Å². The van der Waals surface area contributed by atoms with E-state index in [1.165, 1.54) is 36.4 Å². The molecular weight excluding hydrogens is 339 g/mol. The van der Waals surface area contributed by atoms with E-state index in [-0.39, 0.29) is 27.3 Å². The first-order valence-electron chi connectivity index (χ1n) is 6.57. The zero-order chi connectivity index (χ0) is 16.6. The molecule has 116 valence electrons. The summed E-state index contributed by atoms with van der Waals surface area (Å²) in [5, 5.41) is 12.4. The number of nitrogens with zero attached hydrogens (tertiary/aromatic N) is 1. The van der Waals surface area contributed by atoms with Gasteiger partial charge >= 0.3 is 0 Å². The van der Waals surface area contributed by atoms with Gasteiger partial charge in [-0.05, 0) is 48.1 Å². The zero-order valence-electron chi connectivity index (χ0n) is 11.6. The normalized spacial score (nSPS) is 16.1. The van der Waals surface area contributed by atoms with Crippen LogP contribution in [-0.4, -0.2) is 16.1 Å². The molecule has 0 aliphatic carbocycles. The number of phenols is 1. The molecule has 7 heteroatoms. The molecule has 0 atom stereocenters. The number of thiocarbonyl (C=S) groups is 1. The fourth-order valence-electron chi connectivity index (χ4n) is 2.17. The van der Waals surface area contributed by atoms with Gasteiger partial charge in [-0.3, -0.25) is 4.79 Å². The molecule has 2 N–H and O–H groups in total. The number of phenolic OH excluding ortho intramolecular Hbond substituents is 1. The Morgan fingerprint density at radius 2 is 2.00 bits per heavy atom. The molecule has 1 aliphatic rings. The highest BCUT2D eigenvalue weighted by Gasteiger charge is 2.33. The van der Waals surface area contributed by atoms with Gasteiger partial charge in [-0.15, -0.1) is 0 Å². The van der Waals surface area contributed by atoms with Gasteiger partial charge in [0.1, 0.15) is 17.3 Å². The third-order valence-electron chi connectivity index (χ3n) is 3.25. The number of rotatable bonds is 2. The van der Waals surface area contributed by atoms with Gasteiger partial charge in [-0.25, -0.2) is 9.29 Å². The van der Waals surface area contributed by atoms with E-state index in [0.717, 1.165) is 4.90 Å². The molecule has 0 unspecified atom stereocenters. The van der Waals surface area contributed by atoms with Gasteiger partial charge in [-0.1, -0.05) is 29.8 Å². The minimum absolute atomic E-state index is 0.0528. The van der Waals surface area contributed by atoms with Gasteiger partial charge in [0.2, 0.25) is 0 Å². The first-order valence-corrected chi connectivity index (χ1v) is 7.36. The van der Waals surface area contributed by atoms with Crippen molar-refractivity contribution in [3.8, 4) is 5.75 Å². The maximum Gasteiger partial charge on any atom is 0.281 e. The molecule has 2 aromatic carbocycles. The lowest BCUT2D eigenvalue weighted by Crippen LogP contribution is -2.31. The number of aromatic hydroxyl groups is 1. The summed E-state index contributed by atoms with van der Waals surface area (Å²) >= 11 is 11.0. The summed E-state index contributed by atoms with van der Waals surface area (Å²) in [4.78, 5) is 13.6. The second-order valence-corrected chi connectivity index (χ2v) is 5.58. The quantitative estimate of drug-likeness (QED) is 0.645. The standard InChI is InChI=1S/C16H10ClFN2O2S/c17-10-7-9(5-6-14(10)21)8-12-15(22)20(16(23)19-12)13-4-2-1-3-11(13)18/h1-8,21H,(H,19,23)/b12-8-. The van der Waals surface area contributed by atoms with E-state index < -0.39 is 11.7 Å². The summed E-state index contributed by atoms with van der Waals surface area (Å²) < 4.78 is 13.9. The highest BCUT2D eigenvalue weighted by Crippen LogP contribution is 2.27. The lowest BCUT2D eigenvalue weighted by molar-refractivity contribution is -0.113. The molecule has 1 fully saturated rings. The molecule has 0 radical (unpaired) electrons. The van der Waals surface area contributed by atoms with Crippen LogP contribution in [0.5, 0.6) is 5.75 Å². The van der Waals surface area contributed by atoms with Crippen LogP contribution in [0.15, 0.2) is 48.2 Å². The van der Waals surface area contributed by atoms with Crippen molar-refractivity contribution in [3.63, 3.8) is 0 Å². The molecule has 4 nitrogen and oxygen atoms in total. The fraction of sp³-hybridized carbons (Fsp3) is 0. The highest BCUT2D eigenvalue weighted by molar-refractivity contribution is 7.80. The van der Waals surface area contributed by atoms with E-state index in [2.05, 4.69) is 5.32 Å². The number of anilines is 1. The van der Waals surface area contributed by atoms with Crippen molar-refractivity contribution < 1.29 is 14.3 Å². The Morgan fingerprint density at radius 1 is 1.26 bits per heavy atom. The summed E-state index contributed by atoms with van der Waals surface area (Å²) in [6, 6.07) is 10.4. The molecule has 1 heterocycles. The first-order chi connectivity index (χ1) is 11.0. The molecular formula is C16H10ClFN2O2S. The topological polar surface area (TPSA) is 52.6 Å².